The highest BCUT2D eigenvalue weighted by Gasteiger charge is 2.17. The summed E-state index contributed by atoms with van der Waals surface area (Å²) in [6, 6.07) is 8.02. The third-order valence-corrected chi connectivity index (χ3v) is 5.41. The van der Waals surface area contributed by atoms with Crippen LogP contribution in [0.15, 0.2) is 51.8 Å². The van der Waals surface area contributed by atoms with Crippen molar-refractivity contribution >= 4 is 21.8 Å². The predicted octanol–water partition coefficient (Wildman–Crippen LogP) is 3.06. The second kappa shape index (κ2) is 7.23. The summed E-state index contributed by atoms with van der Waals surface area (Å²) in [5, 5.41) is 9.59. The van der Waals surface area contributed by atoms with E-state index >= 15 is 0 Å². The molecule has 0 spiro atoms. The molecule has 0 aliphatic heterocycles. The van der Waals surface area contributed by atoms with Crippen LogP contribution in [-0.4, -0.2) is 30.3 Å². The first-order valence-corrected chi connectivity index (χ1v) is 9.38. The van der Waals surface area contributed by atoms with Crippen LogP contribution >= 0.6 is 0 Å². The van der Waals surface area contributed by atoms with Gasteiger partial charge in [-0.1, -0.05) is 12.0 Å². The van der Waals surface area contributed by atoms with Crippen LogP contribution in [0.2, 0.25) is 0 Å². The largest absolute Gasteiger partial charge is 0.403 e. The highest BCUT2D eigenvalue weighted by atomic mass is 32.2. The Morgan fingerprint density at radius 1 is 1.11 bits per heavy atom. The van der Waals surface area contributed by atoms with Gasteiger partial charge in [0.1, 0.15) is 11.6 Å². The number of nitrogens with zero attached hydrogens (tertiary/aromatic N) is 2. The number of aromatic nitrogens is 2. The van der Waals surface area contributed by atoms with Crippen LogP contribution < -0.4 is 5.32 Å². The van der Waals surface area contributed by atoms with Crippen LogP contribution in [0.4, 0.5) is 14.8 Å². The average Bonchev–Trinajstić information content (AvgIpc) is 3.10. The number of amides is 1. The van der Waals surface area contributed by atoms with Crippen molar-refractivity contribution in [3.63, 3.8) is 0 Å². The van der Waals surface area contributed by atoms with Crippen LogP contribution in [0.3, 0.4) is 0 Å². The maximum Gasteiger partial charge on any atom is 0.322 e. The smallest absolute Gasteiger partial charge is 0.322 e. The van der Waals surface area contributed by atoms with Gasteiger partial charge in [-0.05, 0) is 36.4 Å². The van der Waals surface area contributed by atoms with Gasteiger partial charge in [0.2, 0.25) is 5.89 Å². The Labute approximate surface area is 153 Å². The van der Waals surface area contributed by atoms with E-state index < -0.39 is 27.4 Å². The number of nitrogens with one attached hydrogen (secondary N) is 1. The fourth-order valence-electron chi connectivity index (χ4n) is 2.20. The van der Waals surface area contributed by atoms with Gasteiger partial charge >= 0.3 is 6.01 Å². The SMILES string of the molecule is CCS(=O)(=O)c1ccc(-c2nnc(NC(=O)c3ccc(F)cc3F)o2)cc1. The highest BCUT2D eigenvalue weighted by molar-refractivity contribution is 7.91. The lowest BCUT2D eigenvalue weighted by Crippen LogP contribution is -2.14. The molecule has 0 atom stereocenters. The Hall–Kier alpha value is -3.14. The minimum atomic E-state index is -3.33. The Balaban J connectivity index is 1.78. The second-order valence-electron chi connectivity index (χ2n) is 5.42. The molecule has 0 saturated heterocycles. The molecule has 1 amide bonds. The van der Waals surface area contributed by atoms with Crippen molar-refractivity contribution in [2.24, 2.45) is 0 Å². The molecule has 2 aromatic carbocycles. The van der Waals surface area contributed by atoms with Crippen LogP contribution in [0, 0.1) is 11.6 Å². The summed E-state index contributed by atoms with van der Waals surface area (Å²) in [6.07, 6.45) is 0. The maximum absolute atomic E-state index is 13.6. The predicted molar refractivity (Wildman–Crippen MR) is 91.8 cm³/mol. The third kappa shape index (κ3) is 4.00. The lowest BCUT2D eigenvalue weighted by molar-refractivity contribution is 0.102. The van der Waals surface area contributed by atoms with Gasteiger partial charge in [-0.15, -0.1) is 5.10 Å². The monoisotopic (exact) mass is 393 g/mol. The number of hydrogen-bond donors (Lipinski definition) is 1. The van der Waals surface area contributed by atoms with E-state index in [4.69, 9.17) is 4.42 Å². The van der Waals surface area contributed by atoms with E-state index in [9.17, 15) is 22.0 Å². The third-order valence-electron chi connectivity index (χ3n) is 3.66. The van der Waals surface area contributed by atoms with Crippen LogP contribution in [0.5, 0.6) is 0 Å². The molecule has 0 saturated carbocycles. The van der Waals surface area contributed by atoms with Crippen LogP contribution in [0.25, 0.3) is 11.5 Å². The zero-order valence-corrected chi connectivity index (χ0v) is 14.8. The highest BCUT2D eigenvalue weighted by Crippen LogP contribution is 2.22. The molecule has 1 heterocycles. The number of halogens is 2. The van der Waals surface area contributed by atoms with E-state index in [1.165, 1.54) is 24.3 Å². The van der Waals surface area contributed by atoms with Gasteiger partial charge in [0, 0.05) is 11.6 Å². The molecule has 10 heteroatoms. The minimum Gasteiger partial charge on any atom is -0.403 e. The number of carbonyl (C=O) groups is 1. The number of benzene rings is 2. The normalized spacial score (nSPS) is 11.4. The lowest BCUT2D eigenvalue weighted by atomic mass is 10.2. The average molecular weight is 393 g/mol. The number of hydrogen-bond acceptors (Lipinski definition) is 6. The van der Waals surface area contributed by atoms with Gasteiger partial charge in [-0.25, -0.2) is 17.2 Å². The Bertz CT molecular complexity index is 1100. The summed E-state index contributed by atoms with van der Waals surface area (Å²) < 4.78 is 55.4. The molecule has 0 aliphatic rings. The van der Waals surface area contributed by atoms with Crippen molar-refractivity contribution in [3.8, 4) is 11.5 Å². The summed E-state index contributed by atoms with van der Waals surface area (Å²) in [4.78, 5) is 12.2. The number of anilines is 1. The molecule has 1 N–H and O–H groups in total. The molecule has 0 radical (unpaired) electrons. The fraction of sp³-hybridized carbons (Fsp3) is 0.118. The van der Waals surface area contributed by atoms with E-state index in [1.54, 1.807) is 6.92 Å². The van der Waals surface area contributed by atoms with Crippen LogP contribution in [-0.2, 0) is 9.84 Å². The van der Waals surface area contributed by atoms with Gasteiger partial charge in [0.15, 0.2) is 9.84 Å². The van der Waals surface area contributed by atoms with Crippen molar-refractivity contribution in [2.45, 2.75) is 11.8 Å². The standard InChI is InChI=1S/C17H13F2N3O4S/c1-2-27(24,25)12-6-3-10(4-7-12)16-21-22-17(26-16)20-15(23)13-8-5-11(18)9-14(13)19/h3-9H,2H2,1H3,(H,20,22,23). The van der Waals surface area contributed by atoms with Gasteiger partial charge < -0.3 is 4.42 Å². The van der Waals surface area contributed by atoms with E-state index in [0.717, 1.165) is 12.1 Å². The molecule has 7 nitrogen and oxygen atoms in total. The minimum absolute atomic E-state index is 0.0248. The maximum atomic E-state index is 13.6. The van der Waals surface area contributed by atoms with Crippen molar-refractivity contribution in [2.75, 3.05) is 11.1 Å². The second-order valence-corrected chi connectivity index (χ2v) is 7.70. The first kappa shape index (κ1) is 18.6. The first-order valence-electron chi connectivity index (χ1n) is 7.73. The van der Waals surface area contributed by atoms with Gasteiger partial charge in [0.05, 0.1) is 16.2 Å². The van der Waals surface area contributed by atoms with Crippen molar-refractivity contribution in [1.82, 2.24) is 10.2 Å². The molecule has 27 heavy (non-hydrogen) atoms. The molecule has 0 bridgehead atoms. The molecular weight excluding hydrogens is 380 g/mol. The summed E-state index contributed by atoms with van der Waals surface area (Å²) in [7, 11) is -3.33. The van der Waals surface area contributed by atoms with E-state index in [1.807, 2.05) is 0 Å². The molecule has 140 valence electrons. The van der Waals surface area contributed by atoms with Crippen molar-refractivity contribution in [1.29, 1.82) is 0 Å². The van der Waals surface area contributed by atoms with Gasteiger partial charge in [0.25, 0.3) is 5.91 Å². The molecular formula is C17H13F2N3O4S. The van der Waals surface area contributed by atoms with Crippen molar-refractivity contribution < 1.29 is 26.4 Å². The quantitative estimate of drug-likeness (QED) is 0.715. The molecule has 0 unspecified atom stereocenters. The topological polar surface area (TPSA) is 102 Å². The van der Waals surface area contributed by atoms with Gasteiger partial charge in [-0.3, -0.25) is 10.1 Å². The Kier molecular flexibility index (Phi) is 5.00. The molecule has 1 aromatic heterocycles. The molecule has 0 fully saturated rings. The fourth-order valence-corrected chi connectivity index (χ4v) is 3.08. The number of sulfone groups is 1. The van der Waals surface area contributed by atoms with E-state index in [2.05, 4.69) is 15.5 Å². The van der Waals surface area contributed by atoms with E-state index in [0.29, 0.717) is 11.6 Å². The summed E-state index contributed by atoms with van der Waals surface area (Å²) in [5.74, 6) is -2.71. The zero-order valence-electron chi connectivity index (χ0n) is 13.9. The molecule has 3 aromatic rings. The number of carbonyl (C=O) groups excluding carboxylic acids is 1. The Morgan fingerprint density at radius 2 is 1.81 bits per heavy atom. The van der Waals surface area contributed by atoms with Crippen LogP contribution in [0.1, 0.15) is 17.3 Å². The molecule has 3 rings (SSSR count). The number of rotatable bonds is 5. The van der Waals surface area contributed by atoms with Gasteiger partial charge in [-0.2, -0.15) is 0 Å². The summed E-state index contributed by atoms with van der Waals surface area (Å²) >= 11 is 0. The lowest BCUT2D eigenvalue weighted by Gasteiger charge is -2.02. The van der Waals surface area contributed by atoms with Crippen molar-refractivity contribution in [3.05, 3.63) is 59.7 Å². The van der Waals surface area contributed by atoms with E-state index in [-0.39, 0.29) is 28.1 Å². The Morgan fingerprint density at radius 3 is 2.44 bits per heavy atom. The first-order chi connectivity index (χ1) is 12.8. The molecule has 0 aliphatic carbocycles. The zero-order chi connectivity index (χ0) is 19.6. The summed E-state index contributed by atoms with van der Waals surface area (Å²) in [6.45, 7) is 1.54. The summed E-state index contributed by atoms with van der Waals surface area (Å²) in [5.41, 5.74) is 0.0521.